The van der Waals surface area contributed by atoms with E-state index in [1.165, 1.54) is 11.3 Å². The molecule has 0 saturated carbocycles. The third-order valence-electron chi connectivity index (χ3n) is 5.24. The monoisotopic (exact) mass is 500 g/mol. The first-order valence-corrected chi connectivity index (χ1v) is 11.1. The van der Waals surface area contributed by atoms with Crippen LogP contribution in [0.2, 0.25) is 5.02 Å². The Morgan fingerprint density at radius 2 is 1.87 bits per heavy atom. The Bertz CT molecular complexity index is 1370. The van der Waals surface area contributed by atoms with E-state index in [2.05, 4.69) is 20.9 Å². The highest BCUT2D eigenvalue weighted by Crippen LogP contribution is 2.43. The van der Waals surface area contributed by atoms with Gasteiger partial charge in [0.25, 0.3) is 5.91 Å². The van der Waals surface area contributed by atoms with Crippen molar-refractivity contribution in [2.45, 2.75) is 19.9 Å². The van der Waals surface area contributed by atoms with Crippen molar-refractivity contribution in [3.05, 3.63) is 89.6 Å². The summed E-state index contributed by atoms with van der Waals surface area (Å²) in [4.78, 5) is 34.1. The van der Waals surface area contributed by atoms with Crippen LogP contribution in [0.1, 0.15) is 38.3 Å². The van der Waals surface area contributed by atoms with Crippen LogP contribution in [-0.2, 0) is 0 Å². The topological polar surface area (TPSA) is 63.4 Å². The van der Waals surface area contributed by atoms with Gasteiger partial charge in [0.2, 0.25) is 5.76 Å². The van der Waals surface area contributed by atoms with E-state index in [1.807, 2.05) is 26.0 Å². The second-order valence-corrected chi connectivity index (χ2v) is 9.62. The third kappa shape index (κ3) is 2.92. The fourth-order valence-corrected chi connectivity index (χ4v) is 5.09. The number of hydrogen-bond acceptors (Lipinski definition) is 5. The molecule has 30 heavy (non-hydrogen) atoms. The first-order valence-electron chi connectivity index (χ1n) is 9.14. The van der Waals surface area contributed by atoms with E-state index in [0.717, 1.165) is 20.6 Å². The van der Waals surface area contributed by atoms with Crippen LogP contribution in [-0.4, -0.2) is 10.9 Å². The van der Waals surface area contributed by atoms with Gasteiger partial charge in [-0.15, -0.1) is 11.3 Å². The van der Waals surface area contributed by atoms with Gasteiger partial charge >= 0.3 is 0 Å². The standard InChI is InChI=1S/C22H14BrClN2O3S/c1-10-11(2)30-22(25-10)26-18(12-3-6-14(24)7-4-12)17-19(27)15-9-13(23)5-8-16(15)29-20(17)21(26)28/h3-9,18H,1-2H3. The van der Waals surface area contributed by atoms with E-state index < -0.39 is 6.04 Å². The maximum atomic E-state index is 13.5. The predicted molar refractivity (Wildman–Crippen MR) is 122 cm³/mol. The number of halogens is 2. The molecule has 3 heterocycles. The summed E-state index contributed by atoms with van der Waals surface area (Å²) in [6, 6.07) is 11.7. The van der Waals surface area contributed by atoms with Gasteiger partial charge in [-0.3, -0.25) is 14.5 Å². The predicted octanol–water partition coefficient (Wildman–Crippen LogP) is 6.03. The smallest absolute Gasteiger partial charge is 0.297 e. The number of benzene rings is 2. The molecule has 1 atom stereocenters. The second-order valence-electron chi connectivity index (χ2n) is 7.08. The molecule has 5 rings (SSSR count). The summed E-state index contributed by atoms with van der Waals surface area (Å²) in [5.74, 6) is -0.319. The normalized spacial score (nSPS) is 15.8. The van der Waals surface area contributed by atoms with E-state index in [9.17, 15) is 9.59 Å². The minimum atomic E-state index is -0.644. The Morgan fingerprint density at radius 3 is 2.53 bits per heavy atom. The molecular weight excluding hydrogens is 488 g/mol. The molecule has 4 aromatic rings. The Balaban J connectivity index is 1.82. The Kier molecular flexibility index (Phi) is 4.57. The SMILES string of the molecule is Cc1nc(N2C(=O)c3oc4ccc(Br)cc4c(=O)c3C2c2ccc(Cl)cc2)sc1C. The fraction of sp³-hybridized carbons (Fsp3) is 0.136. The van der Waals surface area contributed by atoms with Gasteiger partial charge in [0.05, 0.1) is 22.7 Å². The second kappa shape index (κ2) is 7.04. The number of hydrogen-bond donors (Lipinski definition) is 0. The molecule has 0 radical (unpaired) electrons. The number of amides is 1. The van der Waals surface area contributed by atoms with Gasteiger partial charge in [-0.2, -0.15) is 0 Å². The molecule has 1 unspecified atom stereocenters. The number of rotatable bonds is 2. The molecule has 150 valence electrons. The molecule has 1 aliphatic heterocycles. The van der Waals surface area contributed by atoms with E-state index in [-0.39, 0.29) is 17.1 Å². The Labute approximate surface area is 189 Å². The zero-order chi connectivity index (χ0) is 21.2. The lowest BCUT2D eigenvalue weighted by Crippen LogP contribution is -2.29. The molecule has 2 aromatic heterocycles. The molecule has 0 bridgehead atoms. The van der Waals surface area contributed by atoms with Gasteiger partial charge < -0.3 is 4.42 Å². The van der Waals surface area contributed by atoms with Crippen LogP contribution in [0.4, 0.5) is 5.13 Å². The number of aromatic nitrogens is 1. The molecule has 0 fully saturated rings. The molecule has 8 heteroatoms. The van der Waals surface area contributed by atoms with E-state index in [4.69, 9.17) is 16.0 Å². The van der Waals surface area contributed by atoms with E-state index in [1.54, 1.807) is 35.2 Å². The maximum absolute atomic E-state index is 13.5. The van der Waals surface area contributed by atoms with Crippen molar-refractivity contribution < 1.29 is 9.21 Å². The van der Waals surface area contributed by atoms with Crippen LogP contribution < -0.4 is 10.3 Å². The van der Waals surface area contributed by atoms with Crippen molar-refractivity contribution in [2.75, 3.05) is 4.90 Å². The zero-order valence-electron chi connectivity index (χ0n) is 15.9. The Hall–Kier alpha value is -2.48. The number of aryl methyl sites for hydroxylation is 2. The van der Waals surface area contributed by atoms with Crippen molar-refractivity contribution >= 4 is 60.9 Å². The summed E-state index contributed by atoms with van der Waals surface area (Å²) in [6.45, 7) is 3.85. The number of nitrogens with zero attached hydrogens (tertiary/aromatic N) is 2. The maximum Gasteiger partial charge on any atom is 0.297 e. The summed E-state index contributed by atoms with van der Waals surface area (Å²) in [7, 11) is 0. The number of carbonyl (C=O) groups excluding carboxylic acids is 1. The zero-order valence-corrected chi connectivity index (χ0v) is 19.1. The highest BCUT2D eigenvalue weighted by molar-refractivity contribution is 9.10. The highest BCUT2D eigenvalue weighted by Gasteiger charge is 2.45. The van der Waals surface area contributed by atoms with Crippen molar-refractivity contribution in [1.82, 2.24) is 4.98 Å². The first kappa shape index (κ1) is 19.5. The summed E-state index contributed by atoms with van der Waals surface area (Å²) in [5, 5.41) is 1.53. The number of fused-ring (bicyclic) bond motifs is 2. The van der Waals surface area contributed by atoms with Gasteiger partial charge in [0.15, 0.2) is 10.6 Å². The summed E-state index contributed by atoms with van der Waals surface area (Å²) in [6.07, 6.45) is 0. The molecule has 0 N–H and O–H groups in total. The fourth-order valence-electron chi connectivity index (χ4n) is 3.66. The van der Waals surface area contributed by atoms with Crippen molar-refractivity contribution in [2.24, 2.45) is 0 Å². The molecule has 0 saturated heterocycles. The van der Waals surface area contributed by atoms with Crippen LogP contribution in [0.3, 0.4) is 0 Å². The van der Waals surface area contributed by atoms with E-state index in [0.29, 0.717) is 26.7 Å². The minimum absolute atomic E-state index is 0.0558. The minimum Gasteiger partial charge on any atom is -0.450 e. The molecule has 1 amide bonds. The van der Waals surface area contributed by atoms with Gasteiger partial charge in [-0.1, -0.05) is 39.7 Å². The number of anilines is 1. The van der Waals surface area contributed by atoms with Gasteiger partial charge in [0, 0.05) is 14.4 Å². The van der Waals surface area contributed by atoms with Gasteiger partial charge in [0.1, 0.15) is 5.58 Å². The van der Waals surface area contributed by atoms with Crippen LogP contribution in [0.25, 0.3) is 11.0 Å². The summed E-state index contributed by atoms with van der Waals surface area (Å²) >= 11 is 10.9. The molecule has 2 aromatic carbocycles. The van der Waals surface area contributed by atoms with Crippen molar-refractivity contribution in [3.63, 3.8) is 0 Å². The lowest BCUT2D eigenvalue weighted by molar-refractivity contribution is 0.0971. The largest absolute Gasteiger partial charge is 0.450 e. The lowest BCUT2D eigenvalue weighted by Gasteiger charge is -2.22. The van der Waals surface area contributed by atoms with Crippen LogP contribution >= 0.6 is 38.9 Å². The highest BCUT2D eigenvalue weighted by atomic mass is 79.9. The Morgan fingerprint density at radius 1 is 1.13 bits per heavy atom. The molecule has 1 aliphatic rings. The number of carbonyl (C=O) groups is 1. The summed E-state index contributed by atoms with van der Waals surface area (Å²) in [5.41, 5.74) is 2.07. The van der Waals surface area contributed by atoms with Crippen LogP contribution in [0.15, 0.2) is 56.1 Å². The summed E-state index contributed by atoms with van der Waals surface area (Å²) < 4.78 is 6.72. The quantitative estimate of drug-likeness (QED) is 0.336. The third-order valence-corrected chi connectivity index (χ3v) is 7.06. The lowest BCUT2D eigenvalue weighted by atomic mass is 9.99. The van der Waals surface area contributed by atoms with E-state index >= 15 is 0 Å². The molecular formula is C22H14BrClN2O3S. The van der Waals surface area contributed by atoms with Gasteiger partial charge in [-0.05, 0) is 49.7 Å². The molecule has 0 aliphatic carbocycles. The average molecular weight is 502 g/mol. The van der Waals surface area contributed by atoms with Crippen LogP contribution in [0.5, 0.6) is 0 Å². The first-order chi connectivity index (χ1) is 14.3. The number of thiazole rings is 1. The molecule has 5 nitrogen and oxygen atoms in total. The molecule has 0 spiro atoms. The van der Waals surface area contributed by atoms with Gasteiger partial charge in [-0.25, -0.2) is 4.98 Å². The van der Waals surface area contributed by atoms with Crippen molar-refractivity contribution in [1.29, 1.82) is 0 Å². The van der Waals surface area contributed by atoms with Crippen LogP contribution in [0, 0.1) is 13.8 Å². The average Bonchev–Trinajstić information content (AvgIpc) is 3.20. The van der Waals surface area contributed by atoms with Crippen molar-refractivity contribution in [3.8, 4) is 0 Å².